The first-order valence-electron chi connectivity index (χ1n) is 6.96. The zero-order valence-corrected chi connectivity index (χ0v) is 14.2. The summed E-state index contributed by atoms with van der Waals surface area (Å²) in [6.07, 6.45) is 0.765. The van der Waals surface area contributed by atoms with Crippen molar-refractivity contribution in [1.82, 2.24) is 5.32 Å². The Hall–Kier alpha value is -1.66. The van der Waals surface area contributed by atoms with Gasteiger partial charge >= 0.3 is 0 Å². The lowest BCUT2D eigenvalue weighted by molar-refractivity contribution is -0.385. The summed E-state index contributed by atoms with van der Waals surface area (Å²) in [5.41, 5.74) is 6.16. The largest absolute Gasteiger partial charge is 0.346 e. The Balaban J connectivity index is 0.00000441. The van der Waals surface area contributed by atoms with Gasteiger partial charge in [0.1, 0.15) is 0 Å². The fourth-order valence-corrected chi connectivity index (χ4v) is 2.43. The molecule has 22 heavy (non-hydrogen) atoms. The van der Waals surface area contributed by atoms with Crippen LogP contribution in [-0.4, -0.2) is 22.9 Å². The maximum atomic E-state index is 12.3. The van der Waals surface area contributed by atoms with Gasteiger partial charge in [0, 0.05) is 29.3 Å². The molecule has 0 heterocycles. The highest BCUT2D eigenvalue weighted by Crippen LogP contribution is 2.20. The van der Waals surface area contributed by atoms with Crippen LogP contribution in [0.2, 0.25) is 0 Å². The van der Waals surface area contributed by atoms with Crippen molar-refractivity contribution in [2.24, 2.45) is 11.7 Å². The Morgan fingerprint density at radius 3 is 2.45 bits per heavy atom. The lowest BCUT2D eigenvalue weighted by Crippen LogP contribution is -2.52. The molecule has 0 bridgehead atoms. The van der Waals surface area contributed by atoms with Crippen molar-refractivity contribution >= 4 is 24.0 Å². The molecule has 1 unspecified atom stereocenters. The summed E-state index contributed by atoms with van der Waals surface area (Å²) in [6, 6.07) is 4.35. The van der Waals surface area contributed by atoms with Gasteiger partial charge in [-0.1, -0.05) is 13.8 Å². The number of carbonyl (C=O) groups excluding carboxylic acids is 1. The van der Waals surface area contributed by atoms with Crippen molar-refractivity contribution in [3.8, 4) is 0 Å². The monoisotopic (exact) mass is 329 g/mol. The minimum Gasteiger partial charge on any atom is -0.346 e. The van der Waals surface area contributed by atoms with Crippen molar-refractivity contribution in [3.63, 3.8) is 0 Å². The predicted octanol–water partition coefficient (Wildman–Crippen LogP) is 2.82. The number of nitro groups is 1. The molecular formula is C15H24ClN3O3. The van der Waals surface area contributed by atoms with Gasteiger partial charge in [0.05, 0.1) is 4.92 Å². The van der Waals surface area contributed by atoms with Gasteiger partial charge in [0.25, 0.3) is 11.6 Å². The van der Waals surface area contributed by atoms with E-state index in [0.717, 1.165) is 6.42 Å². The highest BCUT2D eigenvalue weighted by molar-refractivity contribution is 5.95. The van der Waals surface area contributed by atoms with E-state index in [2.05, 4.69) is 19.2 Å². The number of nitrogens with two attached hydrogens (primary N) is 1. The molecule has 0 aliphatic rings. The van der Waals surface area contributed by atoms with E-state index < -0.39 is 10.5 Å². The average Bonchev–Trinajstić information content (AvgIpc) is 2.37. The van der Waals surface area contributed by atoms with Crippen molar-refractivity contribution in [3.05, 3.63) is 39.4 Å². The number of carbonyl (C=O) groups is 1. The third-order valence-corrected chi connectivity index (χ3v) is 3.38. The summed E-state index contributed by atoms with van der Waals surface area (Å²) in [5, 5.41) is 13.7. The second-order valence-electron chi connectivity index (χ2n) is 6.08. The molecule has 0 saturated heterocycles. The number of aryl methyl sites for hydroxylation is 1. The number of benzene rings is 1. The number of nitrogens with one attached hydrogen (secondary N) is 1. The van der Waals surface area contributed by atoms with E-state index in [9.17, 15) is 14.9 Å². The van der Waals surface area contributed by atoms with Crippen LogP contribution in [0.4, 0.5) is 5.69 Å². The molecule has 0 saturated carbocycles. The van der Waals surface area contributed by atoms with Gasteiger partial charge in [-0.15, -0.1) is 12.4 Å². The lowest BCUT2D eigenvalue weighted by atomic mass is 9.90. The van der Waals surface area contributed by atoms with E-state index in [-0.39, 0.29) is 24.0 Å². The zero-order valence-electron chi connectivity index (χ0n) is 13.4. The molecule has 0 radical (unpaired) electrons. The molecule has 0 aromatic heterocycles. The number of amides is 1. The Labute approximate surface area is 137 Å². The number of hydrogen-bond donors (Lipinski definition) is 2. The van der Waals surface area contributed by atoms with Crippen LogP contribution in [0.3, 0.4) is 0 Å². The summed E-state index contributed by atoms with van der Waals surface area (Å²) in [6.45, 7) is 7.99. The van der Waals surface area contributed by atoms with E-state index in [1.54, 1.807) is 6.92 Å². The van der Waals surface area contributed by atoms with E-state index >= 15 is 0 Å². The van der Waals surface area contributed by atoms with Gasteiger partial charge < -0.3 is 11.1 Å². The van der Waals surface area contributed by atoms with E-state index in [4.69, 9.17) is 5.73 Å². The SMILES string of the molecule is Cc1cc(C(=O)NC(C)(CN)CC(C)C)ccc1[N+](=O)[O-].Cl. The van der Waals surface area contributed by atoms with Gasteiger partial charge in [-0.05, 0) is 38.3 Å². The lowest BCUT2D eigenvalue weighted by Gasteiger charge is -2.31. The van der Waals surface area contributed by atoms with E-state index in [1.165, 1.54) is 18.2 Å². The number of halogens is 1. The molecule has 0 aliphatic carbocycles. The van der Waals surface area contributed by atoms with Crippen molar-refractivity contribution in [2.75, 3.05) is 6.54 Å². The summed E-state index contributed by atoms with van der Waals surface area (Å²) in [4.78, 5) is 22.6. The molecular weight excluding hydrogens is 306 g/mol. The molecule has 0 spiro atoms. The molecule has 0 fully saturated rings. The van der Waals surface area contributed by atoms with Crippen LogP contribution in [0, 0.1) is 23.0 Å². The van der Waals surface area contributed by atoms with Crippen LogP contribution in [0.1, 0.15) is 43.1 Å². The van der Waals surface area contributed by atoms with Crippen LogP contribution in [0.25, 0.3) is 0 Å². The van der Waals surface area contributed by atoms with E-state index in [1.807, 2.05) is 6.92 Å². The number of hydrogen-bond acceptors (Lipinski definition) is 4. The Kier molecular flexibility index (Phi) is 7.49. The number of rotatable bonds is 6. The fourth-order valence-electron chi connectivity index (χ4n) is 2.43. The van der Waals surface area contributed by atoms with Gasteiger partial charge in [-0.2, -0.15) is 0 Å². The molecule has 1 aromatic rings. The van der Waals surface area contributed by atoms with Crippen molar-refractivity contribution < 1.29 is 9.72 Å². The summed E-state index contributed by atoms with van der Waals surface area (Å²) in [5.74, 6) is 0.138. The van der Waals surface area contributed by atoms with Crippen LogP contribution in [0.5, 0.6) is 0 Å². The third kappa shape index (κ3) is 5.27. The second kappa shape index (κ2) is 8.10. The van der Waals surface area contributed by atoms with Crippen LogP contribution >= 0.6 is 12.4 Å². The maximum absolute atomic E-state index is 12.3. The highest BCUT2D eigenvalue weighted by Gasteiger charge is 2.26. The number of nitrogens with zero attached hydrogens (tertiary/aromatic N) is 1. The number of nitro benzene ring substituents is 1. The Morgan fingerprint density at radius 1 is 1.45 bits per heavy atom. The van der Waals surface area contributed by atoms with E-state index in [0.29, 0.717) is 23.6 Å². The van der Waals surface area contributed by atoms with Crippen LogP contribution < -0.4 is 11.1 Å². The van der Waals surface area contributed by atoms with Gasteiger partial charge in [0.15, 0.2) is 0 Å². The topological polar surface area (TPSA) is 98.3 Å². The molecule has 1 aromatic carbocycles. The summed E-state index contributed by atoms with van der Waals surface area (Å²) in [7, 11) is 0. The molecule has 0 aliphatic heterocycles. The van der Waals surface area contributed by atoms with Crippen LogP contribution in [0.15, 0.2) is 18.2 Å². The summed E-state index contributed by atoms with van der Waals surface area (Å²) >= 11 is 0. The highest BCUT2D eigenvalue weighted by atomic mass is 35.5. The standard InChI is InChI=1S/C15H23N3O3.ClH/c1-10(2)8-15(4,9-16)17-14(19)12-5-6-13(18(20)21)11(3)7-12;/h5-7,10H,8-9,16H2,1-4H3,(H,17,19);1H. The second-order valence-corrected chi connectivity index (χ2v) is 6.08. The van der Waals surface area contributed by atoms with Gasteiger partial charge in [0.2, 0.25) is 0 Å². The first-order valence-corrected chi connectivity index (χ1v) is 6.96. The van der Waals surface area contributed by atoms with Crippen molar-refractivity contribution in [1.29, 1.82) is 0 Å². The average molecular weight is 330 g/mol. The Morgan fingerprint density at radius 2 is 2.05 bits per heavy atom. The molecule has 124 valence electrons. The normalized spacial score (nSPS) is 13.2. The van der Waals surface area contributed by atoms with Gasteiger partial charge in [-0.25, -0.2) is 0 Å². The summed E-state index contributed by atoms with van der Waals surface area (Å²) < 4.78 is 0. The van der Waals surface area contributed by atoms with Crippen molar-refractivity contribution in [2.45, 2.75) is 39.7 Å². The molecule has 3 N–H and O–H groups in total. The molecule has 1 atom stereocenters. The maximum Gasteiger partial charge on any atom is 0.272 e. The minimum atomic E-state index is -0.485. The third-order valence-electron chi connectivity index (χ3n) is 3.38. The quantitative estimate of drug-likeness (QED) is 0.619. The molecule has 1 amide bonds. The zero-order chi connectivity index (χ0) is 16.2. The van der Waals surface area contributed by atoms with Crippen LogP contribution in [-0.2, 0) is 0 Å². The molecule has 1 rings (SSSR count). The minimum absolute atomic E-state index is 0. The Bertz CT molecular complexity index is 549. The smallest absolute Gasteiger partial charge is 0.272 e. The predicted molar refractivity (Wildman–Crippen MR) is 89.5 cm³/mol. The first kappa shape index (κ1) is 20.3. The van der Waals surface area contributed by atoms with Gasteiger partial charge in [-0.3, -0.25) is 14.9 Å². The molecule has 6 nitrogen and oxygen atoms in total. The molecule has 7 heteroatoms. The first-order chi connectivity index (χ1) is 9.68. The fraction of sp³-hybridized carbons (Fsp3) is 0.533.